The van der Waals surface area contributed by atoms with Gasteiger partial charge in [-0.2, -0.15) is 0 Å². The fourth-order valence-electron chi connectivity index (χ4n) is 6.73. The van der Waals surface area contributed by atoms with Crippen molar-refractivity contribution in [2.75, 3.05) is 52.5 Å². The lowest BCUT2D eigenvalue weighted by Gasteiger charge is -2.42. The van der Waals surface area contributed by atoms with Crippen LogP contribution in [0.25, 0.3) is 0 Å². The number of amides is 2. The van der Waals surface area contributed by atoms with Crippen LogP contribution in [0.15, 0.2) is 30.3 Å². The van der Waals surface area contributed by atoms with E-state index < -0.39 is 0 Å². The molecule has 0 radical (unpaired) electrons. The SMILES string of the molecule is CCOC(=O)N1CCC(N2CCC3(CC2)C[C@@H]3C(=O)NCC2(c3ccccc3)CCOCC2)CC1. The maximum absolute atomic E-state index is 13.2. The molecule has 2 amide bonds. The van der Waals surface area contributed by atoms with Gasteiger partial charge in [-0.3, -0.25) is 4.79 Å². The summed E-state index contributed by atoms with van der Waals surface area (Å²) in [4.78, 5) is 29.6. The summed E-state index contributed by atoms with van der Waals surface area (Å²) < 4.78 is 10.8. The minimum Gasteiger partial charge on any atom is -0.450 e. The number of carbonyl (C=O) groups is 2. The molecule has 7 heteroatoms. The number of hydrogen-bond acceptors (Lipinski definition) is 5. The van der Waals surface area contributed by atoms with Gasteiger partial charge in [0, 0.05) is 50.2 Å². The van der Waals surface area contributed by atoms with Gasteiger partial charge in [0.05, 0.1) is 6.61 Å². The quantitative estimate of drug-likeness (QED) is 0.670. The fourth-order valence-corrected chi connectivity index (χ4v) is 6.73. The lowest BCUT2D eigenvalue weighted by Crippen LogP contribution is -2.50. The number of ether oxygens (including phenoxy) is 2. The Hall–Kier alpha value is -2.12. The molecule has 5 rings (SSSR count). The van der Waals surface area contributed by atoms with Gasteiger partial charge in [0.15, 0.2) is 0 Å². The molecule has 1 spiro atoms. The van der Waals surface area contributed by atoms with Gasteiger partial charge in [-0.1, -0.05) is 30.3 Å². The van der Waals surface area contributed by atoms with E-state index >= 15 is 0 Å². The molecule has 3 saturated heterocycles. The summed E-state index contributed by atoms with van der Waals surface area (Å²) in [7, 11) is 0. The Bertz CT molecular complexity index is 869. The summed E-state index contributed by atoms with van der Waals surface area (Å²) in [6.45, 7) is 8.21. The van der Waals surface area contributed by atoms with Gasteiger partial charge in [-0.25, -0.2) is 4.79 Å². The smallest absolute Gasteiger partial charge is 0.409 e. The third-order valence-corrected chi connectivity index (χ3v) is 9.24. The van der Waals surface area contributed by atoms with Crippen LogP contribution in [-0.4, -0.2) is 80.4 Å². The van der Waals surface area contributed by atoms with E-state index in [0.29, 0.717) is 19.2 Å². The number of hydrogen-bond donors (Lipinski definition) is 1. The number of benzene rings is 1. The van der Waals surface area contributed by atoms with Crippen molar-refractivity contribution in [3.63, 3.8) is 0 Å². The van der Waals surface area contributed by atoms with Crippen LogP contribution in [0, 0.1) is 11.3 Å². The molecule has 1 aliphatic carbocycles. The maximum Gasteiger partial charge on any atom is 0.409 e. The van der Waals surface area contributed by atoms with Gasteiger partial charge in [0.1, 0.15) is 0 Å². The van der Waals surface area contributed by atoms with E-state index in [9.17, 15) is 9.59 Å². The van der Waals surface area contributed by atoms with Gasteiger partial charge in [0.25, 0.3) is 0 Å². The number of rotatable bonds is 6. The van der Waals surface area contributed by atoms with Crippen molar-refractivity contribution in [2.45, 2.75) is 63.3 Å². The average Bonchev–Trinajstić information content (AvgIpc) is 3.62. The Morgan fingerprint density at radius 3 is 2.37 bits per heavy atom. The molecule has 192 valence electrons. The molecule has 1 atom stereocenters. The Labute approximate surface area is 209 Å². The zero-order chi connectivity index (χ0) is 24.3. The molecule has 0 aromatic heterocycles. The van der Waals surface area contributed by atoms with E-state index in [-0.39, 0.29) is 28.7 Å². The van der Waals surface area contributed by atoms with Crippen LogP contribution in [0.1, 0.15) is 57.4 Å². The second kappa shape index (κ2) is 10.5. The van der Waals surface area contributed by atoms with Crippen molar-refractivity contribution in [3.8, 4) is 0 Å². The van der Waals surface area contributed by atoms with Crippen LogP contribution in [-0.2, 0) is 19.7 Å². The largest absolute Gasteiger partial charge is 0.450 e. The average molecular weight is 484 g/mol. The van der Waals surface area contributed by atoms with Crippen LogP contribution >= 0.6 is 0 Å². The number of nitrogens with zero attached hydrogens (tertiary/aromatic N) is 2. The predicted octanol–water partition coefficient (Wildman–Crippen LogP) is 3.57. The molecule has 1 aromatic carbocycles. The Morgan fingerprint density at radius 2 is 1.71 bits per heavy atom. The second-order valence-electron chi connectivity index (χ2n) is 11.0. The monoisotopic (exact) mass is 483 g/mol. The molecular weight excluding hydrogens is 442 g/mol. The van der Waals surface area contributed by atoms with Crippen molar-refractivity contribution >= 4 is 12.0 Å². The number of piperidine rings is 2. The number of likely N-dealkylation sites (tertiary alicyclic amines) is 2. The van der Waals surface area contributed by atoms with Crippen LogP contribution < -0.4 is 5.32 Å². The van der Waals surface area contributed by atoms with Crippen LogP contribution in [0.5, 0.6) is 0 Å². The van der Waals surface area contributed by atoms with Crippen molar-refractivity contribution in [3.05, 3.63) is 35.9 Å². The van der Waals surface area contributed by atoms with Crippen molar-refractivity contribution in [1.29, 1.82) is 0 Å². The number of nitrogens with one attached hydrogen (secondary N) is 1. The first-order valence-electron chi connectivity index (χ1n) is 13.6. The van der Waals surface area contributed by atoms with Gasteiger partial charge in [-0.05, 0) is 75.9 Å². The normalized spacial score (nSPS) is 26.3. The summed E-state index contributed by atoms with van der Waals surface area (Å²) in [5.74, 6) is 0.422. The third kappa shape index (κ3) is 5.21. The molecule has 1 saturated carbocycles. The van der Waals surface area contributed by atoms with E-state index in [4.69, 9.17) is 9.47 Å². The molecule has 35 heavy (non-hydrogen) atoms. The summed E-state index contributed by atoms with van der Waals surface area (Å²) in [5.41, 5.74) is 1.51. The van der Waals surface area contributed by atoms with Crippen LogP contribution in [0.2, 0.25) is 0 Å². The van der Waals surface area contributed by atoms with Crippen molar-refractivity contribution in [2.24, 2.45) is 11.3 Å². The molecule has 4 aliphatic rings. The first kappa shape index (κ1) is 24.6. The summed E-state index contributed by atoms with van der Waals surface area (Å²) in [6, 6.07) is 11.2. The molecule has 3 aliphatic heterocycles. The minimum absolute atomic E-state index is 0.0149. The molecule has 1 N–H and O–H groups in total. The van der Waals surface area contributed by atoms with Gasteiger partial charge < -0.3 is 24.6 Å². The van der Waals surface area contributed by atoms with Gasteiger partial charge in [-0.15, -0.1) is 0 Å². The van der Waals surface area contributed by atoms with E-state index in [1.165, 1.54) is 5.56 Å². The lowest BCUT2D eigenvalue weighted by atomic mass is 9.74. The molecule has 3 heterocycles. The highest BCUT2D eigenvalue weighted by atomic mass is 16.6. The Kier molecular flexibility index (Phi) is 7.35. The van der Waals surface area contributed by atoms with E-state index in [0.717, 1.165) is 84.3 Å². The summed E-state index contributed by atoms with van der Waals surface area (Å²) in [5, 5.41) is 3.37. The molecule has 4 fully saturated rings. The van der Waals surface area contributed by atoms with Gasteiger partial charge in [0.2, 0.25) is 5.91 Å². The predicted molar refractivity (Wildman–Crippen MR) is 134 cm³/mol. The lowest BCUT2D eigenvalue weighted by molar-refractivity contribution is -0.124. The van der Waals surface area contributed by atoms with Crippen LogP contribution in [0.4, 0.5) is 4.79 Å². The zero-order valence-electron chi connectivity index (χ0n) is 21.2. The van der Waals surface area contributed by atoms with Crippen molar-refractivity contribution in [1.82, 2.24) is 15.1 Å². The Balaban J connectivity index is 1.09. The molecule has 7 nitrogen and oxygen atoms in total. The fraction of sp³-hybridized carbons (Fsp3) is 0.714. The standard InChI is InChI=1S/C28H41N3O4/c1-2-35-26(33)31-14-8-23(9-15-31)30-16-10-27(11-17-30)20-24(27)25(32)29-21-28(12-18-34-19-13-28)22-6-4-3-5-7-22/h3-7,23-24H,2,8-21H2,1H3,(H,29,32)/t24-/m1/s1. The summed E-state index contributed by atoms with van der Waals surface area (Å²) in [6.07, 6.45) is 7.03. The van der Waals surface area contributed by atoms with E-state index in [1.54, 1.807) is 0 Å². The van der Waals surface area contributed by atoms with Gasteiger partial charge >= 0.3 is 6.09 Å². The highest BCUT2D eigenvalue weighted by molar-refractivity contribution is 5.82. The zero-order valence-corrected chi connectivity index (χ0v) is 21.2. The first-order chi connectivity index (χ1) is 17.1. The maximum atomic E-state index is 13.2. The highest BCUT2D eigenvalue weighted by Gasteiger charge is 2.58. The first-order valence-corrected chi connectivity index (χ1v) is 13.6. The Morgan fingerprint density at radius 1 is 1.03 bits per heavy atom. The summed E-state index contributed by atoms with van der Waals surface area (Å²) >= 11 is 0. The topological polar surface area (TPSA) is 71.1 Å². The van der Waals surface area contributed by atoms with Crippen LogP contribution in [0.3, 0.4) is 0 Å². The minimum atomic E-state index is -0.176. The second-order valence-corrected chi connectivity index (χ2v) is 11.0. The molecule has 0 bridgehead atoms. The highest BCUT2D eigenvalue weighted by Crippen LogP contribution is 2.59. The molecule has 0 unspecified atom stereocenters. The van der Waals surface area contributed by atoms with E-state index in [1.807, 2.05) is 11.8 Å². The third-order valence-electron chi connectivity index (χ3n) is 9.24. The number of carbonyl (C=O) groups excluding carboxylic acids is 2. The molecule has 1 aromatic rings. The van der Waals surface area contributed by atoms with Crippen molar-refractivity contribution < 1.29 is 19.1 Å². The van der Waals surface area contributed by atoms with E-state index in [2.05, 4.69) is 40.5 Å². The molecular formula is C28H41N3O4.